The number of ether oxygens (including phenoxy) is 3. The Labute approximate surface area is 252 Å². The molecule has 43 heavy (non-hydrogen) atoms. The number of morpholine rings is 1. The van der Waals surface area contributed by atoms with Crippen molar-refractivity contribution < 1.29 is 28.9 Å². The first kappa shape index (κ1) is 30.7. The molecule has 2 fully saturated rings. The molecule has 0 aliphatic carbocycles. The van der Waals surface area contributed by atoms with E-state index in [9.17, 15) is 14.7 Å². The van der Waals surface area contributed by atoms with Crippen molar-refractivity contribution in [2.75, 3.05) is 49.2 Å². The van der Waals surface area contributed by atoms with Crippen LogP contribution in [0.3, 0.4) is 0 Å². The van der Waals surface area contributed by atoms with Crippen LogP contribution in [0.2, 0.25) is 0 Å². The van der Waals surface area contributed by atoms with Crippen LogP contribution >= 0.6 is 0 Å². The van der Waals surface area contributed by atoms with E-state index in [-0.39, 0.29) is 43.5 Å². The number of aliphatic hydroxyl groups excluding tert-OH is 1. The maximum absolute atomic E-state index is 12.5. The van der Waals surface area contributed by atoms with E-state index in [1.165, 1.54) is 0 Å². The lowest BCUT2D eigenvalue weighted by Gasteiger charge is -2.39. The van der Waals surface area contributed by atoms with Gasteiger partial charge in [0, 0.05) is 50.1 Å². The van der Waals surface area contributed by atoms with Crippen LogP contribution in [-0.4, -0.2) is 60.8 Å². The van der Waals surface area contributed by atoms with Gasteiger partial charge in [0.25, 0.3) is 0 Å². The molecule has 3 unspecified atom stereocenters. The van der Waals surface area contributed by atoms with Crippen molar-refractivity contribution in [3.05, 3.63) is 89.5 Å². The van der Waals surface area contributed by atoms with E-state index in [0.29, 0.717) is 23.5 Å². The molecule has 10 heteroatoms. The maximum atomic E-state index is 12.5. The smallest absolute Gasteiger partial charge is 0.224 e. The minimum atomic E-state index is -0.566. The van der Waals surface area contributed by atoms with Gasteiger partial charge in [-0.3, -0.25) is 14.5 Å². The quantitative estimate of drug-likeness (QED) is 0.242. The van der Waals surface area contributed by atoms with Gasteiger partial charge in [0.2, 0.25) is 11.8 Å². The van der Waals surface area contributed by atoms with Crippen molar-refractivity contribution in [1.82, 2.24) is 4.90 Å². The van der Waals surface area contributed by atoms with Gasteiger partial charge in [-0.15, -0.1) is 0 Å². The Kier molecular flexibility index (Phi) is 10.8. The van der Waals surface area contributed by atoms with E-state index in [2.05, 4.69) is 15.5 Å². The highest BCUT2D eigenvalue weighted by molar-refractivity contribution is 5.94. The molecule has 0 aromatic heterocycles. The standard InChI is InChI=1S/C33H40N4O6/c34-28-4-1-2-5-29(28)36-32(40)7-3-6-31(39)35-26-14-12-25(13-15-26)33-42-27(21-37-16-18-41-19-17-37)20-30(43-33)24-10-8-23(22-38)9-11-24/h1-2,4-5,8-15,27,30,33,38H,3,6-7,16-22,34H2,(H,35,39)(H,36,40). The zero-order valence-electron chi connectivity index (χ0n) is 24.2. The summed E-state index contributed by atoms with van der Waals surface area (Å²) in [4.78, 5) is 27.1. The van der Waals surface area contributed by atoms with Crippen molar-refractivity contribution in [3.8, 4) is 0 Å². The highest BCUT2D eigenvalue weighted by Crippen LogP contribution is 2.38. The Morgan fingerprint density at radius 1 is 0.860 bits per heavy atom. The summed E-state index contributed by atoms with van der Waals surface area (Å²) < 4.78 is 18.4. The van der Waals surface area contributed by atoms with E-state index in [0.717, 1.165) is 56.0 Å². The van der Waals surface area contributed by atoms with Crippen LogP contribution in [0.4, 0.5) is 17.1 Å². The second-order valence-electron chi connectivity index (χ2n) is 10.9. The summed E-state index contributed by atoms with van der Waals surface area (Å²) in [6.07, 6.45) is 0.807. The lowest BCUT2D eigenvalue weighted by atomic mass is 9.99. The van der Waals surface area contributed by atoms with Crippen molar-refractivity contribution in [2.45, 2.75) is 50.8 Å². The van der Waals surface area contributed by atoms with Crippen LogP contribution in [0, 0.1) is 0 Å². The summed E-state index contributed by atoms with van der Waals surface area (Å²) in [5, 5.41) is 15.1. The normalized spacial score (nSPS) is 20.8. The van der Waals surface area contributed by atoms with Crippen LogP contribution in [0.1, 0.15) is 54.8 Å². The van der Waals surface area contributed by atoms with Crippen molar-refractivity contribution >= 4 is 28.9 Å². The van der Waals surface area contributed by atoms with Gasteiger partial charge >= 0.3 is 0 Å². The number of nitrogens with zero attached hydrogens (tertiary/aromatic N) is 1. The van der Waals surface area contributed by atoms with Crippen molar-refractivity contribution in [2.24, 2.45) is 0 Å². The molecule has 0 spiro atoms. The summed E-state index contributed by atoms with van der Waals surface area (Å²) in [5.74, 6) is -0.348. The number of amides is 2. The lowest BCUT2D eigenvalue weighted by molar-refractivity contribution is -0.253. The average molecular weight is 589 g/mol. The lowest BCUT2D eigenvalue weighted by Crippen LogP contribution is -2.44. The third-order valence-corrected chi connectivity index (χ3v) is 7.69. The first-order chi connectivity index (χ1) is 21.0. The Bertz CT molecular complexity index is 1340. The van der Waals surface area contributed by atoms with E-state index in [1.54, 1.807) is 24.3 Å². The van der Waals surface area contributed by atoms with Gasteiger partial charge in [-0.05, 0) is 41.8 Å². The molecule has 2 heterocycles. The fourth-order valence-electron chi connectivity index (χ4n) is 5.28. The number of benzene rings is 3. The average Bonchev–Trinajstić information content (AvgIpc) is 3.03. The van der Waals surface area contributed by atoms with Crippen molar-refractivity contribution in [1.29, 1.82) is 0 Å². The summed E-state index contributed by atoms with van der Waals surface area (Å²) in [6.45, 7) is 3.99. The number of nitrogen functional groups attached to an aromatic ring is 1. The van der Waals surface area contributed by atoms with Crippen LogP contribution in [0.5, 0.6) is 0 Å². The minimum absolute atomic E-state index is 0.000765. The molecule has 2 aliphatic heterocycles. The summed E-state index contributed by atoms with van der Waals surface area (Å²) in [6, 6.07) is 22.4. The minimum Gasteiger partial charge on any atom is -0.397 e. The Morgan fingerprint density at radius 2 is 1.53 bits per heavy atom. The molecule has 3 aromatic carbocycles. The second-order valence-corrected chi connectivity index (χ2v) is 10.9. The molecule has 228 valence electrons. The van der Waals surface area contributed by atoms with Gasteiger partial charge < -0.3 is 35.7 Å². The number of aliphatic hydroxyl groups is 1. The Hall–Kier alpha value is -3.80. The first-order valence-corrected chi connectivity index (χ1v) is 14.8. The molecule has 3 aromatic rings. The number of hydrogen-bond donors (Lipinski definition) is 4. The molecule has 0 radical (unpaired) electrons. The SMILES string of the molecule is Nc1ccccc1NC(=O)CCCC(=O)Nc1ccc(C2OC(CN3CCOCC3)CC(c3ccc(CO)cc3)O2)cc1. The van der Waals surface area contributed by atoms with Crippen LogP contribution in [0.15, 0.2) is 72.8 Å². The van der Waals surface area contributed by atoms with Gasteiger partial charge in [0.15, 0.2) is 6.29 Å². The molecule has 2 amide bonds. The van der Waals surface area contributed by atoms with E-state index in [4.69, 9.17) is 19.9 Å². The van der Waals surface area contributed by atoms with Crippen molar-refractivity contribution in [3.63, 3.8) is 0 Å². The number of nitrogens with two attached hydrogens (primary N) is 1. The molecule has 5 N–H and O–H groups in total. The molecule has 3 atom stereocenters. The van der Waals surface area contributed by atoms with Crippen LogP contribution in [0.25, 0.3) is 0 Å². The fourth-order valence-corrected chi connectivity index (χ4v) is 5.28. The molecule has 5 rings (SSSR count). The van der Waals surface area contributed by atoms with Gasteiger partial charge in [0.05, 0.1) is 43.4 Å². The molecule has 0 bridgehead atoms. The summed E-state index contributed by atoms with van der Waals surface area (Å²) in [7, 11) is 0. The maximum Gasteiger partial charge on any atom is 0.224 e. The monoisotopic (exact) mass is 588 g/mol. The van der Waals surface area contributed by atoms with E-state index >= 15 is 0 Å². The zero-order chi connectivity index (χ0) is 30.0. The number of anilines is 3. The number of hydrogen-bond acceptors (Lipinski definition) is 8. The Morgan fingerprint density at radius 3 is 2.23 bits per heavy atom. The predicted octanol–water partition coefficient (Wildman–Crippen LogP) is 4.39. The third-order valence-electron chi connectivity index (χ3n) is 7.69. The molecule has 2 aliphatic rings. The number of nitrogens with one attached hydrogen (secondary N) is 2. The van der Waals surface area contributed by atoms with Gasteiger partial charge in [-0.25, -0.2) is 0 Å². The third kappa shape index (κ3) is 8.85. The highest BCUT2D eigenvalue weighted by Gasteiger charge is 2.33. The van der Waals surface area contributed by atoms with Gasteiger partial charge in [-0.2, -0.15) is 0 Å². The second kappa shape index (κ2) is 15.1. The van der Waals surface area contributed by atoms with Crippen LogP contribution in [-0.2, 0) is 30.4 Å². The largest absolute Gasteiger partial charge is 0.397 e. The number of carbonyl (C=O) groups is 2. The van der Waals surface area contributed by atoms with Gasteiger partial charge in [-0.1, -0.05) is 48.5 Å². The highest BCUT2D eigenvalue weighted by atomic mass is 16.7. The first-order valence-electron chi connectivity index (χ1n) is 14.8. The summed E-state index contributed by atoms with van der Waals surface area (Å²) >= 11 is 0. The number of rotatable bonds is 11. The van der Waals surface area contributed by atoms with E-state index in [1.807, 2.05) is 48.5 Å². The molecule has 0 saturated carbocycles. The van der Waals surface area contributed by atoms with Gasteiger partial charge in [0.1, 0.15) is 0 Å². The molecule has 10 nitrogen and oxygen atoms in total. The number of carbonyl (C=O) groups excluding carboxylic acids is 2. The predicted molar refractivity (Wildman–Crippen MR) is 164 cm³/mol. The summed E-state index contributed by atoms with van der Waals surface area (Å²) in [5.41, 5.74) is 10.4. The zero-order valence-corrected chi connectivity index (χ0v) is 24.2. The van der Waals surface area contributed by atoms with E-state index < -0.39 is 6.29 Å². The molecule has 2 saturated heterocycles. The topological polar surface area (TPSA) is 135 Å². The fraction of sp³-hybridized carbons (Fsp3) is 0.394. The molecular formula is C33H40N4O6. The Balaban J connectivity index is 1.15. The molecular weight excluding hydrogens is 548 g/mol. The van der Waals surface area contributed by atoms with Crippen LogP contribution < -0.4 is 16.4 Å². The number of para-hydroxylation sites is 2.